The summed E-state index contributed by atoms with van der Waals surface area (Å²) in [6.45, 7) is 2.12. The van der Waals surface area contributed by atoms with Crippen LogP contribution in [0.4, 0.5) is 5.69 Å². The lowest BCUT2D eigenvalue weighted by Crippen LogP contribution is -2.31. The molecule has 0 radical (unpaired) electrons. The van der Waals surface area contributed by atoms with Gasteiger partial charge in [-0.25, -0.2) is 9.69 Å². The van der Waals surface area contributed by atoms with E-state index in [2.05, 4.69) is 22.9 Å². The number of rotatable bonds is 3. The number of carbonyl (C=O) groups is 3. The predicted octanol–water partition coefficient (Wildman–Crippen LogP) is 4.59. The highest BCUT2D eigenvalue weighted by Crippen LogP contribution is 2.44. The van der Waals surface area contributed by atoms with Crippen molar-refractivity contribution < 1.29 is 19.1 Å². The van der Waals surface area contributed by atoms with Crippen molar-refractivity contribution in [2.24, 2.45) is 17.8 Å². The number of para-hydroxylation sites is 2. The molecule has 2 aromatic carbocycles. The Morgan fingerprint density at radius 1 is 1.00 bits per heavy atom. The summed E-state index contributed by atoms with van der Waals surface area (Å²) in [5, 5.41) is 0. The summed E-state index contributed by atoms with van der Waals surface area (Å²) in [6.07, 6.45) is 2.41. The molecule has 0 unspecified atom stereocenters. The Kier molecular flexibility index (Phi) is 5.06. The van der Waals surface area contributed by atoms with Crippen LogP contribution in [0.15, 0.2) is 53.0 Å². The molecule has 2 fully saturated rings. The summed E-state index contributed by atoms with van der Waals surface area (Å²) in [5.41, 5.74) is 0.726. The summed E-state index contributed by atoms with van der Waals surface area (Å²) in [7, 11) is 0. The number of halogens is 1. The van der Waals surface area contributed by atoms with Gasteiger partial charge in [0.2, 0.25) is 11.8 Å². The Bertz CT molecular complexity index is 940. The van der Waals surface area contributed by atoms with E-state index in [1.165, 1.54) is 4.90 Å². The summed E-state index contributed by atoms with van der Waals surface area (Å²) in [6, 6.07) is 13.5. The Hall–Kier alpha value is -2.47. The number of amides is 2. The minimum absolute atomic E-state index is 0.186. The van der Waals surface area contributed by atoms with Gasteiger partial charge in [0.15, 0.2) is 5.75 Å². The van der Waals surface area contributed by atoms with Gasteiger partial charge in [0.05, 0.1) is 23.1 Å². The minimum atomic E-state index is -0.537. The molecule has 1 aliphatic carbocycles. The minimum Gasteiger partial charge on any atom is -0.421 e. The molecule has 6 heteroatoms. The molecule has 0 aromatic heterocycles. The molecule has 2 amide bonds. The number of hydrogen-bond donors (Lipinski definition) is 0. The number of imide groups is 1. The number of anilines is 1. The van der Waals surface area contributed by atoms with Crippen molar-refractivity contribution in [1.82, 2.24) is 0 Å². The maximum absolute atomic E-state index is 13.0. The van der Waals surface area contributed by atoms with Crippen molar-refractivity contribution in [3.63, 3.8) is 0 Å². The molecule has 144 valence electrons. The van der Waals surface area contributed by atoms with Crippen LogP contribution in [-0.4, -0.2) is 17.8 Å². The van der Waals surface area contributed by atoms with Crippen LogP contribution in [0.1, 0.15) is 36.5 Å². The zero-order chi connectivity index (χ0) is 19.8. The van der Waals surface area contributed by atoms with Crippen molar-refractivity contribution in [2.45, 2.75) is 26.2 Å². The van der Waals surface area contributed by atoms with Gasteiger partial charge in [0.1, 0.15) is 0 Å². The van der Waals surface area contributed by atoms with Gasteiger partial charge in [-0.15, -0.1) is 0 Å². The lowest BCUT2D eigenvalue weighted by Gasteiger charge is -2.25. The molecule has 1 aliphatic heterocycles. The normalized spacial score (nSPS) is 24.2. The van der Waals surface area contributed by atoms with Gasteiger partial charge in [-0.05, 0) is 61.6 Å². The van der Waals surface area contributed by atoms with Gasteiger partial charge < -0.3 is 4.74 Å². The summed E-state index contributed by atoms with van der Waals surface area (Å²) in [5.74, 6) is -0.800. The van der Waals surface area contributed by atoms with E-state index in [1.54, 1.807) is 48.5 Å². The van der Waals surface area contributed by atoms with Gasteiger partial charge in [0, 0.05) is 4.47 Å². The number of nitrogens with zero attached hydrogens (tertiary/aromatic N) is 1. The van der Waals surface area contributed by atoms with E-state index in [0.717, 1.165) is 23.7 Å². The second kappa shape index (κ2) is 7.51. The van der Waals surface area contributed by atoms with Crippen molar-refractivity contribution in [3.8, 4) is 5.75 Å². The third-order valence-corrected chi connectivity index (χ3v) is 6.11. The topological polar surface area (TPSA) is 63.7 Å². The molecule has 0 bridgehead atoms. The van der Waals surface area contributed by atoms with E-state index < -0.39 is 5.97 Å². The highest BCUT2D eigenvalue weighted by Gasteiger charge is 2.50. The molecular weight excluding hydrogens is 422 g/mol. The molecule has 0 spiro atoms. The quantitative estimate of drug-likeness (QED) is 0.396. The lowest BCUT2D eigenvalue weighted by molar-refractivity contribution is -0.122. The number of ether oxygens (including phenoxy) is 1. The van der Waals surface area contributed by atoms with E-state index in [1.807, 2.05) is 0 Å². The molecule has 3 atom stereocenters. The van der Waals surface area contributed by atoms with Crippen LogP contribution >= 0.6 is 15.9 Å². The Labute approximate surface area is 171 Å². The number of esters is 1. The number of fused-ring (bicyclic) bond motifs is 1. The molecular formula is C22H20BrNO4. The van der Waals surface area contributed by atoms with E-state index in [0.29, 0.717) is 17.2 Å². The van der Waals surface area contributed by atoms with Crippen molar-refractivity contribution in [1.29, 1.82) is 0 Å². The number of benzene rings is 2. The first kappa shape index (κ1) is 18.9. The van der Waals surface area contributed by atoms with Crippen LogP contribution < -0.4 is 9.64 Å². The predicted molar refractivity (Wildman–Crippen MR) is 108 cm³/mol. The average Bonchev–Trinajstić information content (AvgIpc) is 2.93. The Morgan fingerprint density at radius 2 is 1.68 bits per heavy atom. The maximum Gasteiger partial charge on any atom is 0.343 e. The van der Waals surface area contributed by atoms with E-state index in [9.17, 15) is 14.4 Å². The van der Waals surface area contributed by atoms with Gasteiger partial charge in [0.25, 0.3) is 0 Å². The molecule has 4 rings (SSSR count). The lowest BCUT2D eigenvalue weighted by atomic mass is 9.76. The second-order valence-electron chi connectivity index (χ2n) is 7.51. The second-order valence-corrected chi connectivity index (χ2v) is 8.42. The first-order valence-corrected chi connectivity index (χ1v) is 10.2. The van der Waals surface area contributed by atoms with Crippen LogP contribution in [0.5, 0.6) is 5.75 Å². The highest BCUT2D eigenvalue weighted by molar-refractivity contribution is 9.10. The SMILES string of the molecule is C[C@@H]1CC[C@H]2C(=O)N(c3ccccc3OC(=O)c3ccc(Br)cc3)C(=O)[C@H]2C1. The fraction of sp³-hybridized carbons (Fsp3) is 0.318. The summed E-state index contributed by atoms with van der Waals surface area (Å²) in [4.78, 5) is 39.7. The summed E-state index contributed by atoms with van der Waals surface area (Å²) >= 11 is 3.33. The van der Waals surface area contributed by atoms with Crippen LogP contribution in [-0.2, 0) is 9.59 Å². The zero-order valence-electron chi connectivity index (χ0n) is 15.4. The maximum atomic E-state index is 13.0. The molecule has 5 nitrogen and oxygen atoms in total. The fourth-order valence-corrected chi connectivity index (χ4v) is 4.36. The molecule has 1 saturated carbocycles. The van der Waals surface area contributed by atoms with E-state index in [-0.39, 0.29) is 29.4 Å². The van der Waals surface area contributed by atoms with Gasteiger partial charge in [-0.3, -0.25) is 9.59 Å². The monoisotopic (exact) mass is 441 g/mol. The van der Waals surface area contributed by atoms with Crippen LogP contribution in [0, 0.1) is 17.8 Å². The van der Waals surface area contributed by atoms with E-state index >= 15 is 0 Å². The van der Waals surface area contributed by atoms with Crippen LogP contribution in [0.2, 0.25) is 0 Å². The first-order chi connectivity index (χ1) is 13.5. The van der Waals surface area contributed by atoms with Gasteiger partial charge >= 0.3 is 5.97 Å². The first-order valence-electron chi connectivity index (χ1n) is 9.40. The molecule has 2 aliphatic rings. The average molecular weight is 442 g/mol. The van der Waals surface area contributed by atoms with Crippen molar-refractivity contribution in [2.75, 3.05) is 4.90 Å². The van der Waals surface area contributed by atoms with Crippen molar-refractivity contribution >= 4 is 39.4 Å². The molecule has 1 saturated heterocycles. The van der Waals surface area contributed by atoms with Gasteiger partial charge in [-0.2, -0.15) is 0 Å². The zero-order valence-corrected chi connectivity index (χ0v) is 17.0. The number of carbonyl (C=O) groups excluding carboxylic acids is 3. The standard InChI is InChI=1S/C22H20BrNO4/c1-13-6-11-16-17(12-13)21(26)24(20(16)25)18-4-2-3-5-19(18)28-22(27)14-7-9-15(23)10-8-14/h2-5,7-10,13,16-17H,6,11-12H2,1H3/t13-,16-,17+/m1/s1. The third kappa shape index (κ3) is 3.37. The van der Waals surface area contributed by atoms with Gasteiger partial charge in [-0.1, -0.05) is 35.0 Å². The smallest absolute Gasteiger partial charge is 0.343 e. The van der Waals surface area contributed by atoms with Crippen LogP contribution in [0.25, 0.3) is 0 Å². The Balaban J connectivity index is 1.63. The summed E-state index contributed by atoms with van der Waals surface area (Å²) < 4.78 is 6.41. The third-order valence-electron chi connectivity index (χ3n) is 5.58. The largest absolute Gasteiger partial charge is 0.421 e. The highest BCUT2D eigenvalue weighted by atomic mass is 79.9. The molecule has 0 N–H and O–H groups in total. The number of hydrogen-bond acceptors (Lipinski definition) is 4. The van der Waals surface area contributed by atoms with E-state index in [4.69, 9.17) is 4.74 Å². The fourth-order valence-electron chi connectivity index (χ4n) is 4.10. The molecule has 28 heavy (non-hydrogen) atoms. The molecule has 1 heterocycles. The van der Waals surface area contributed by atoms with Crippen LogP contribution in [0.3, 0.4) is 0 Å². The van der Waals surface area contributed by atoms with Crippen molar-refractivity contribution in [3.05, 3.63) is 58.6 Å². The molecule has 2 aromatic rings. The Morgan fingerprint density at radius 3 is 2.43 bits per heavy atom.